The Morgan fingerprint density at radius 2 is 2.36 bits per heavy atom. The molecule has 82 valence electrons. The van der Waals surface area contributed by atoms with E-state index in [-0.39, 0.29) is 5.92 Å². The second-order valence-corrected chi connectivity index (χ2v) is 4.02. The lowest BCUT2D eigenvalue weighted by Crippen LogP contribution is -2.31. The first-order chi connectivity index (χ1) is 6.61. The van der Waals surface area contributed by atoms with Crippen LogP contribution in [0.25, 0.3) is 0 Å². The van der Waals surface area contributed by atoms with Gasteiger partial charge in [0.1, 0.15) is 0 Å². The highest BCUT2D eigenvalue weighted by Gasteiger charge is 2.25. The Labute approximate surface area is 83.9 Å². The van der Waals surface area contributed by atoms with Crippen LogP contribution < -0.4 is 0 Å². The minimum absolute atomic E-state index is 0.116. The van der Waals surface area contributed by atoms with Gasteiger partial charge in [-0.1, -0.05) is 6.92 Å². The molecule has 0 amide bonds. The maximum Gasteiger partial charge on any atom is 0.306 e. The van der Waals surface area contributed by atoms with E-state index in [1.165, 1.54) is 0 Å². The van der Waals surface area contributed by atoms with Gasteiger partial charge in [0.15, 0.2) is 0 Å². The van der Waals surface area contributed by atoms with E-state index in [0.717, 1.165) is 19.4 Å². The summed E-state index contributed by atoms with van der Waals surface area (Å²) < 4.78 is 5.24. The lowest BCUT2D eigenvalue weighted by molar-refractivity contribution is -0.142. The van der Waals surface area contributed by atoms with Crippen LogP contribution in [0.5, 0.6) is 0 Å². The highest BCUT2D eigenvalue weighted by molar-refractivity contribution is 5.69. The van der Waals surface area contributed by atoms with Crippen LogP contribution in [0, 0.1) is 11.8 Å². The molecule has 1 aliphatic heterocycles. The number of aliphatic hydroxyl groups is 1. The summed E-state index contributed by atoms with van der Waals surface area (Å²) in [6.07, 6.45) is 1.68. The SMILES string of the molecule is CC(CC(O)C1CCCOC1)C(=O)O. The molecule has 3 atom stereocenters. The highest BCUT2D eigenvalue weighted by Crippen LogP contribution is 2.21. The van der Waals surface area contributed by atoms with Gasteiger partial charge < -0.3 is 14.9 Å². The van der Waals surface area contributed by atoms with E-state index in [4.69, 9.17) is 9.84 Å². The topological polar surface area (TPSA) is 66.8 Å². The van der Waals surface area contributed by atoms with Crippen LogP contribution in [0.3, 0.4) is 0 Å². The van der Waals surface area contributed by atoms with E-state index < -0.39 is 18.0 Å². The molecule has 0 aromatic rings. The third-order valence-corrected chi connectivity index (χ3v) is 2.76. The molecule has 3 unspecified atom stereocenters. The number of ether oxygens (including phenoxy) is 1. The van der Waals surface area contributed by atoms with Gasteiger partial charge in [0.2, 0.25) is 0 Å². The summed E-state index contributed by atoms with van der Waals surface area (Å²) in [6.45, 7) is 2.94. The molecule has 1 saturated heterocycles. The summed E-state index contributed by atoms with van der Waals surface area (Å²) in [7, 11) is 0. The van der Waals surface area contributed by atoms with Gasteiger partial charge in [0.05, 0.1) is 18.6 Å². The van der Waals surface area contributed by atoms with Crippen molar-refractivity contribution in [1.82, 2.24) is 0 Å². The van der Waals surface area contributed by atoms with E-state index in [9.17, 15) is 9.90 Å². The monoisotopic (exact) mass is 202 g/mol. The largest absolute Gasteiger partial charge is 0.481 e. The van der Waals surface area contributed by atoms with E-state index in [1.54, 1.807) is 6.92 Å². The molecular formula is C10H18O4. The Hall–Kier alpha value is -0.610. The summed E-state index contributed by atoms with van der Waals surface area (Å²) in [6, 6.07) is 0. The number of hydrogen-bond acceptors (Lipinski definition) is 3. The minimum Gasteiger partial charge on any atom is -0.481 e. The summed E-state index contributed by atoms with van der Waals surface area (Å²) in [4.78, 5) is 10.6. The zero-order valence-electron chi connectivity index (χ0n) is 8.48. The Morgan fingerprint density at radius 3 is 2.86 bits per heavy atom. The van der Waals surface area contributed by atoms with E-state index in [0.29, 0.717) is 13.0 Å². The van der Waals surface area contributed by atoms with Crippen molar-refractivity contribution in [1.29, 1.82) is 0 Å². The fourth-order valence-electron chi connectivity index (χ4n) is 1.72. The predicted molar refractivity (Wildman–Crippen MR) is 51.0 cm³/mol. The number of aliphatic carboxylic acids is 1. The van der Waals surface area contributed by atoms with Crippen LogP contribution in [-0.4, -0.2) is 35.5 Å². The summed E-state index contributed by atoms with van der Waals surface area (Å²) >= 11 is 0. The summed E-state index contributed by atoms with van der Waals surface area (Å²) in [5.41, 5.74) is 0. The number of rotatable bonds is 4. The number of carbonyl (C=O) groups is 1. The number of carboxylic acids is 1. The molecule has 14 heavy (non-hydrogen) atoms. The average molecular weight is 202 g/mol. The Balaban J connectivity index is 2.32. The van der Waals surface area contributed by atoms with Gasteiger partial charge in [-0.25, -0.2) is 0 Å². The summed E-state index contributed by atoms with van der Waals surface area (Å²) in [5.74, 6) is -1.21. The van der Waals surface area contributed by atoms with Crippen LogP contribution >= 0.6 is 0 Å². The lowest BCUT2D eigenvalue weighted by atomic mass is 9.90. The standard InChI is InChI=1S/C10H18O4/c1-7(10(12)13)5-9(11)8-3-2-4-14-6-8/h7-9,11H,2-6H2,1H3,(H,12,13). The normalized spacial score (nSPS) is 26.9. The fourth-order valence-corrected chi connectivity index (χ4v) is 1.72. The van der Waals surface area contributed by atoms with E-state index in [2.05, 4.69) is 0 Å². The van der Waals surface area contributed by atoms with E-state index >= 15 is 0 Å². The van der Waals surface area contributed by atoms with Crippen LogP contribution in [0.2, 0.25) is 0 Å². The molecule has 0 aromatic carbocycles. The molecule has 4 heteroatoms. The molecule has 0 saturated carbocycles. The number of carboxylic acid groups (broad SMARTS) is 1. The molecule has 1 fully saturated rings. The molecule has 2 N–H and O–H groups in total. The van der Waals surface area contributed by atoms with Gasteiger partial charge in [-0.2, -0.15) is 0 Å². The average Bonchev–Trinajstić information content (AvgIpc) is 2.19. The van der Waals surface area contributed by atoms with Crippen molar-refractivity contribution >= 4 is 5.97 Å². The molecular weight excluding hydrogens is 184 g/mol. The zero-order valence-corrected chi connectivity index (χ0v) is 8.48. The van der Waals surface area contributed by atoms with Gasteiger partial charge >= 0.3 is 5.97 Å². The van der Waals surface area contributed by atoms with Gasteiger partial charge in [0.25, 0.3) is 0 Å². The fraction of sp³-hybridized carbons (Fsp3) is 0.900. The lowest BCUT2D eigenvalue weighted by Gasteiger charge is -2.27. The smallest absolute Gasteiger partial charge is 0.306 e. The molecule has 4 nitrogen and oxygen atoms in total. The first-order valence-corrected chi connectivity index (χ1v) is 5.10. The van der Waals surface area contributed by atoms with Crippen molar-refractivity contribution in [2.75, 3.05) is 13.2 Å². The van der Waals surface area contributed by atoms with E-state index in [1.807, 2.05) is 0 Å². The van der Waals surface area contributed by atoms with Crippen molar-refractivity contribution in [3.63, 3.8) is 0 Å². The molecule has 0 aromatic heterocycles. The Kier molecular flexibility index (Phi) is 4.35. The van der Waals surface area contributed by atoms with Crippen LogP contribution in [-0.2, 0) is 9.53 Å². The molecule has 0 bridgehead atoms. The third-order valence-electron chi connectivity index (χ3n) is 2.76. The van der Waals surface area contributed by atoms with Gasteiger partial charge in [-0.05, 0) is 19.3 Å². The van der Waals surface area contributed by atoms with Gasteiger partial charge in [0, 0.05) is 12.5 Å². The number of hydrogen-bond donors (Lipinski definition) is 2. The molecule has 1 heterocycles. The minimum atomic E-state index is -0.847. The first-order valence-electron chi connectivity index (χ1n) is 5.10. The first kappa shape index (κ1) is 11.5. The third kappa shape index (κ3) is 3.27. The van der Waals surface area contributed by atoms with Crippen molar-refractivity contribution in [3.8, 4) is 0 Å². The zero-order chi connectivity index (χ0) is 10.6. The summed E-state index contributed by atoms with van der Waals surface area (Å²) in [5, 5.41) is 18.4. The van der Waals surface area contributed by atoms with Crippen LogP contribution in [0.15, 0.2) is 0 Å². The maximum atomic E-state index is 10.6. The van der Waals surface area contributed by atoms with Crippen molar-refractivity contribution in [2.24, 2.45) is 11.8 Å². The highest BCUT2D eigenvalue weighted by atomic mass is 16.5. The predicted octanol–water partition coefficient (Wildman–Crippen LogP) is 0.885. The van der Waals surface area contributed by atoms with Crippen LogP contribution in [0.4, 0.5) is 0 Å². The van der Waals surface area contributed by atoms with Crippen molar-refractivity contribution in [2.45, 2.75) is 32.3 Å². The Morgan fingerprint density at radius 1 is 1.64 bits per heavy atom. The molecule has 0 aliphatic carbocycles. The molecule has 0 spiro atoms. The van der Waals surface area contributed by atoms with Crippen molar-refractivity contribution in [3.05, 3.63) is 0 Å². The quantitative estimate of drug-likeness (QED) is 0.710. The maximum absolute atomic E-state index is 10.6. The van der Waals surface area contributed by atoms with Crippen molar-refractivity contribution < 1.29 is 19.7 Å². The van der Waals surface area contributed by atoms with Gasteiger partial charge in [-0.15, -0.1) is 0 Å². The van der Waals surface area contributed by atoms with Gasteiger partial charge in [-0.3, -0.25) is 4.79 Å². The Bertz CT molecular complexity index is 187. The van der Waals surface area contributed by atoms with Crippen LogP contribution in [0.1, 0.15) is 26.2 Å². The second-order valence-electron chi connectivity index (χ2n) is 4.02. The molecule has 0 radical (unpaired) electrons. The number of aliphatic hydroxyl groups excluding tert-OH is 1. The molecule has 1 aliphatic rings. The molecule has 1 rings (SSSR count). The second kappa shape index (κ2) is 5.32.